The molecule has 0 saturated carbocycles. The van der Waals surface area contributed by atoms with Crippen LogP contribution in [0.4, 0.5) is 4.39 Å². The highest BCUT2D eigenvalue weighted by Crippen LogP contribution is 2.30. The third kappa shape index (κ3) is 3.33. The fourth-order valence-electron chi connectivity index (χ4n) is 1.91. The largest absolute Gasteiger partial charge is 0.483 e. The maximum Gasteiger partial charge on any atom is 0.136 e. The van der Waals surface area contributed by atoms with Gasteiger partial charge in [0.05, 0.1) is 4.47 Å². The van der Waals surface area contributed by atoms with Gasteiger partial charge in [-0.3, -0.25) is 0 Å². The first-order chi connectivity index (χ1) is 9.11. The van der Waals surface area contributed by atoms with E-state index >= 15 is 0 Å². The smallest absolute Gasteiger partial charge is 0.136 e. The molecule has 1 atom stereocenters. The molecule has 2 N–H and O–H groups in total. The Balaban J connectivity index is 2.27. The van der Waals surface area contributed by atoms with Crippen LogP contribution in [0.15, 0.2) is 46.9 Å². The lowest BCUT2D eigenvalue weighted by atomic mass is 10.0. The predicted molar refractivity (Wildman–Crippen MR) is 77.7 cm³/mol. The molecule has 0 aromatic heterocycles. The van der Waals surface area contributed by atoms with Gasteiger partial charge in [0.2, 0.25) is 0 Å². The zero-order valence-corrected chi connectivity index (χ0v) is 12.2. The van der Waals surface area contributed by atoms with Gasteiger partial charge in [0, 0.05) is 6.54 Å². The van der Waals surface area contributed by atoms with Crippen molar-refractivity contribution in [1.82, 2.24) is 0 Å². The van der Waals surface area contributed by atoms with Gasteiger partial charge in [-0.25, -0.2) is 4.39 Å². The molecule has 0 radical (unpaired) electrons. The van der Waals surface area contributed by atoms with E-state index in [0.29, 0.717) is 16.8 Å². The minimum Gasteiger partial charge on any atom is -0.483 e. The number of hydrogen-bond donors (Lipinski definition) is 1. The average Bonchev–Trinajstić information content (AvgIpc) is 2.39. The lowest BCUT2D eigenvalue weighted by Gasteiger charge is -2.20. The number of aryl methyl sites for hydroxylation is 1. The van der Waals surface area contributed by atoms with Crippen molar-refractivity contribution in [3.63, 3.8) is 0 Å². The summed E-state index contributed by atoms with van der Waals surface area (Å²) in [5.74, 6) is 0.277. The third-order valence-corrected chi connectivity index (χ3v) is 3.53. The molecule has 0 spiro atoms. The van der Waals surface area contributed by atoms with Crippen LogP contribution >= 0.6 is 15.9 Å². The molecular weight excluding hydrogens is 309 g/mol. The van der Waals surface area contributed by atoms with Crippen molar-refractivity contribution in [2.45, 2.75) is 13.0 Å². The number of benzene rings is 2. The summed E-state index contributed by atoms with van der Waals surface area (Å²) >= 11 is 3.29. The molecule has 0 aliphatic carbocycles. The monoisotopic (exact) mass is 323 g/mol. The van der Waals surface area contributed by atoms with E-state index in [4.69, 9.17) is 10.5 Å². The van der Waals surface area contributed by atoms with Crippen LogP contribution in [0.1, 0.15) is 17.2 Å². The van der Waals surface area contributed by atoms with Gasteiger partial charge in [-0.2, -0.15) is 0 Å². The Morgan fingerprint density at radius 2 is 2.00 bits per heavy atom. The Kier molecular flexibility index (Phi) is 4.56. The lowest BCUT2D eigenvalue weighted by molar-refractivity contribution is 0.212. The molecule has 0 fully saturated rings. The van der Waals surface area contributed by atoms with Crippen LogP contribution in [0.3, 0.4) is 0 Å². The average molecular weight is 324 g/mol. The molecular formula is C15H15BrFNO. The summed E-state index contributed by atoms with van der Waals surface area (Å²) in [6.45, 7) is 2.37. The van der Waals surface area contributed by atoms with Gasteiger partial charge in [0.1, 0.15) is 17.7 Å². The van der Waals surface area contributed by atoms with E-state index in [1.807, 2.05) is 31.2 Å². The van der Waals surface area contributed by atoms with Gasteiger partial charge in [-0.1, -0.05) is 24.3 Å². The van der Waals surface area contributed by atoms with Gasteiger partial charge in [0.15, 0.2) is 0 Å². The van der Waals surface area contributed by atoms with Gasteiger partial charge < -0.3 is 10.5 Å². The standard InChI is InChI=1S/C15H15BrFNO/c1-10-4-2-3-5-12(10)15(9-18)19-14-7-6-11(17)8-13(14)16/h2-8,15H,9,18H2,1H3. The second-order valence-electron chi connectivity index (χ2n) is 4.27. The van der Waals surface area contributed by atoms with E-state index in [1.54, 1.807) is 6.07 Å². The van der Waals surface area contributed by atoms with Crippen LogP contribution in [0.5, 0.6) is 5.75 Å². The molecule has 4 heteroatoms. The van der Waals surface area contributed by atoms with Crippen molar-refractivity contribution in [2.24, 2.45) is 5.73 Å². The van der Waals surface area contributed by atoms with E-state index in [-0.39, 0.29) is 11.9 Å². The van der Waals surface area contributed by atoms with Gasteiger partial charge >= 0.3 is 0 Å². The fourth-order valence-corrected chi connectivity index (χ4v) is 2.35. The molecule has 2 nitrogen and oxygen atoms in total. The molecule has 0 amide bonds. The Morgan fingerprint density at radius 1 is 1.26 bits per heavy atom. The molecule has 19 heavy (non-hydrogen) atoms. The highest BCUT2D eigenvalue weighted by atomic mass is 79.9. The van der Waals surface area contributed by atoms with E-state index in [1.165, 1.54) is 12.1 Å². The van der Waals surface area contributed by atoms with Crippen LogP contribution in [-0.2, 0) is 0 Å². The molecule has 0 aliphatic rings. The highest BCUT2D eigenvalue weighted by Gasteiger charge is 2.15. The van der Waals surface area contributed by atoms with E-state index in [9.17, 15) is 4.39 Å². The van der Waals surface area contributed by atoms with Crippen LogP contribution in [0.25, 0.3) is 0 Å². The molecule has 2 aromatic carbocycles. The zero-order valence-electron chi connectivity index (χ0n) is 10.6. The van der Waals surface area contributed by atoms with E-state index < -0.39 is 0 Å². The van der Waals surface area contributed by atoms with Crippen molar-refractivity contribution in [2.75, 3.05) is 6.54 Å². The van der Waals surface area contributed by atoms with Crippen molar-refractivity contribution in [3.05, 3.63) is 63.9 Å². The Morgan fingerprint density at radius 3 is 2.63 bits per heavy atom. The summed E-state index contributed by atoms with van der Waals surface area (Å²) in [6.07, 6.45) is -0.247. The second kappa shape index (κ2) is 6.17. The van der Waals surface area contributed by atoms with Gasteiger partial charge in [0.25, 0.3) is 0 Å². The number of halogens is 2. The second-order valence-corrected chi connectivity index (χ2v) is 5.13. The van der Waals surface area contributed by atoms with Crippen LogP contribution in [0.2, 0.25) is 0 Å². The molecule has 0 aliphatic heterocycles. The lowest BCUT2D eigenvalue weighted by Crippen LogP contribution is -2.19. The third-order valence-electron chi connectivity index (χ3n) is 2.91. The van der Waals surface area contributed by atoms with Crippen LogP contribution < -0.4 is 10.5 Å². The summed E-state index contributed by atoms with van der Waals surface area (Å²) in [6, 6.07) is 12.3. The minimum absolute atomic E-state index is 0.247. The number of hydrogen-bond acceptors (Lipinski definition) is 2. The van der Waals surface area contributed by atoms with Crippen molar-refractivity contribution in [3.8, 4) is 5.75 Å². The van der Waals surface area contributed by atoms with E-state index in [2.05, 4.69) is 15.9 Å². The summed E-state index contributed by atoms with van der Waals surface area (Å²) < 4.78 is 19.5. The molecule has 2 aromatic rings. The molecule has 0 bridgehead atoms. The fraction of sp³-hybridized carbons (Fsp3) is 0.200. The quantitative estimate of drug-likeness (QED) is 0.923. The zero-order chi connectivity index (χ0) is 13.8. The SMILES string of the molecule is Cc1ccccc1C(CN)Oc1ccc(F)cc1Br. The van der Waals surface area contributed by atoms with E-state index in [0.717, 1.165) is 11.1 Å². The molecule has 0 saturated heterocycles. The molecule has 100 valence electrons. The van der Waals surface area contributed by atoms with Gasteiger partial charge in [-0.15, -0.1) is 0 Å². The Bertz CT molecular complexity index is 574. The normalized spacial score (nSPS) is 12.2. The van der Waals surface area contributed by atoms with Crippen LogP contribution in [-0.4, -0.2) is 6.54 Å². The summed E-state index contributed by atoms with van der Waals surface area (Å²) in [7, 11) is 0. The predicted octanol–water partition coefficient (Wildman–Crippen LogP) is 3.98. The molecule has 0 heterocycles. The van der Waals surface area contributed by atoms with Crippen molar-refractivity contribution >= 4 is 15.9 Å². The van der Waals surface area contributed by atoms with Crippen LogP contribution in [0, 0.1) is 12.7 Å². The number of nitrogens with two attached hydrogens (primary N) is 1. The summed E-state index contributed by atoms with van der Waals surface area (Å²) in [5.41, 5.74) is 7.95. The number of rotatable bonds is 4. The maximum atomic E-state index is 13.0. The van der Waals surface area contributed by atoms with Gasteiger partial charge in [-0.05, 0) is 52.2 Å². The Labute approximate surface area is 120 Å². The number of ether oxygens (including phenoxy) is 1. The first kappa shape index (κ1) is 14.0. The molecule has 2 rings (SSSR count). The summed E-state index contributed by atoms with van der Waals surface area (Å²) in [5, 5.41) is 0. The topological polar surface area (TPSA) is 35.2 Å². The first-order valence-corrected chi connectivity index (χ1v) is 6.78. The summed E-state index contributed by atoms with van der Waals surface area (Å²) in [4.78, 5) is 0. The highest BCUT2D eigenvalue weighted by molar-refractivity contribution is 9.10. The first-order valence-electron chi connectivity index (χ1n) is 5.99. The Hall–Kier alpha value is -1.39. The minimum atomic E-state index is -0.306. The van der Waals surface area contributed by atoms with Crippen molar-refractivity contribution in [1.29, 1.82) is 0 Å². The maximum absolute atomic E-state index is 13.0. The molecule has 1 unspecified atom stereocenters. The van der Waals surface area contributed by atoms with Crippen molar-refractivity contribution < 1.29 is 9.13 Å².